The first-order chi connectivity index (χ1) is 19.9. The predicted molar refractivity (Wildman–Crippen MR) is 146 cm³/mol. The van der Waals surface area contributed by atoms with E-state index in [1.165, 1.54) is 30.3 Å². The van der Waals surface area contributed by atoms with Gasteiger partial charge in [0.2, 0.25) is 0 Å². The maximum Gasteiger partial charge on any atom is 0.417 e. The second-order valence-electron chi connectivity index (χ2n) is 8.07. The number of benzene rings is 3. The lowest BCUT2D eigenvalue weighted by Crippen LogP contribution is -2.10. The van der Waals surface area contributed by atoms with Gasteiger partial charge in [-0.1, -0.05) is 38.4 Å². The van der Waals surface area contributed by atoms with Crippen LogP contribution in [0.5, 0.6) is 23.0 Å². The lowest BCUT2D eigenvalue weighted by atomic mass is 9.93. The molecule has 42 heavy (non-hydrogen) atoms. The molecule has 0 N–H and O–H groups in total. The number of ether oxygens (including phenoxy) is 4. The number of halogens is 3. The third-order valence-corrected chi connectivity index (χ3v) is 5.36. The van der Waals surface area contributed by atoms with Gasteiger partial charge in [0.05, 0.1) is 5.56 Å². The number of alkyl halides is 3. The molecule has 0 saturated carbocycles. The minimum atomic E-state index is -4.92. The van der Waals surface area contributed by atoms with Gasteiger partial charge in [0, 0.05) is 47.6 Å². The highest BCUT2D eigenvalue weighted by Gasteiger charge is 2.35. The fourth-order valence-corrected chi connectivity index (χ4v) is 3.56. The molecule has 0 aliphatic heterocycles. The van der Waals surface area contributed by atoms with Crippen LogP contribution in [0.15, 0.2) is 105 Å². The van der Waals surface area contributed by atoms with Gasteiger partial charge in [-0.15, -0.1) is 0 Å². The minimum Gasteiger partial charge on any atom is -0.423 e. The van der Waals surface area contributed by atoms with E-state index in [0.29, 0.717) is 0 Å². The molecule has 0 amide bonds. The van der Waals surface area contributed by atoms with Gasteiger partial charge in [0.1, 0.15) is 23.0 Å². The number of rotatable bonds is 10. The lowest BCUT2D eigenvalue weighted by molar-refractivity contribution is -0.137. The van der Waals surface area contributed by atoms with Crippen LogP contribution in [0.3, 0.4) is 0 Å². The molecule has 0 radical (unpaired) electrons. The van der Waals surface area contributed by atoms with Crippen LogP contribution in [0.4, 0.5) is 13.2 Å². The summed E-state index contributed by atoms with van der Waals surface area (Å²) >= 11 is 0. The van der Waals surface area contributed by atoms with Crippen molar-refractivity contribution in [2.45, 2.75) is 6.18 Å². The van der Waals surface area contributed by atoms with Crippen LogP contribution in [0.1, 0.15) is 5.56 Å². The highest BCUT2D eigenvalue weighted by molar-refractivity contribution is 5.89. The third-order valence-electron chi connectivity index (χ3n) is 5.36. The predicted octanol–water partition coefficient (Wildman–Crippen LogP) is 6.41. The summed E-state index contributed by atoms with van der Waals surface area (Å²) < 4.78 is 63.7. The van der Waals surface area contributed by atoms with Crippen molar-refractivity contribution in [2.24, 2.45) is 0 Å². The van der Waals surface area contributed by atoms with Gasteiger partial charge in [-0.2, -0.15) is 13.2 Å². The second-order valence-corrected chi connectivity index (χ2v) is 8.07. The molecule has 11 heteroatoms. The molecule has 0 unspecified atom stereocenters. The molecule has 3 rings (SSSR count). The zero-order valence-corrected chi connectivity index (χ0v) is 21.7. The highest BCUT2D eigenvalue weighted by atomic mass is 19.4. The zero-order chi connectivity index (χ0) is 31.0. The molecular weight excluding hydrogens is 557 g/mol. The Labute approximate surface area is 237 Å². The van der Waals surface area contributed by atoms with Gasteiger partial charge >= 0.3 is 30.1 Å². The lowest BCUT2D eigenvalue weighted by Gasteiger charge is -2.18. The highest BCUT2D eigenvalue weighted by Crippen LogP contribution is 2.44. The van der Waals surface area contributed by atoms with Crippen LogP contribution in [0.25, 0.3) is 22.3 Å². The zero-order valence-electron chi connectivity index (χ0n) is 21.7. The van der Waals surface area contributed by atoms with Gasteiger partial charge in [-0.05, 0) is 41.5 Å². The Bertz CT molecular complexity index is 1620. The van der Waals surface area contributed by atoms with E-state index in [4.69, 9.17) is 18.9 Å². The largest absolute Gasteiger partial charge is 0.423 e. The van der Waals surface area contributed by atoms with Crippen molar-refractivity contribution >= 4 is 23.9 Å². The van der Waals surface area contributed by atoms with Crippen LogP contribution in [-0.4, -0.2) is 23.9 Å². The first-order valence-corrected chi connectivity index (χ1v) is 11.8. The fraction of sp³-hybridized carbons (Fsp3) is 0.0323. The minimum absolute atomic E-state index is 0.0271. The fourth-order valence-electron chi connectivity index (χ4n) is 3.56. The molecule has 0 aliphatic rings. The number of carbonyl (C=O) groups is 4. The van der Waals surface area contributed by atoms with Crippen LogP contribution in [0, 0.1) is 0 Å². The van der Waals surface area contributed by atoms with Gasteiger partial charge in [0.25, 0.3) is 0 Å². The van der Waals surface area contributed by atoms with Crippen LogP contribution >= 0.6 is 0 Å². The van der Waals surface area contributed by atoms with E-state index in [1.54, 1.807) is 0 Å². The standard InChI is InChI=1S/C31H21F3O8/c1-5-27(35)39-19-10-13-21(25(16-19)41-29(37)7-3)18-9-12-22(24(15-18)31(32,33)34)23-14-11-20(40-28(36)6-2)17-26(23)42-30(38)8-4/h5-17H,1-4H2. The Morgan fingerprint density at radius 2 is 0.952 bits per heavy atom. The summed E-state index contributed by atoms with van der Waals surface area (Å²) in [4.78, 5) is 47.1. The summed E-state index contributed by atoms with van der Waals surface area (Å²) in [5, 5.41) is 0. The molecule has 214 valence electrons. The van der Waals surface area contributed by atoms with Gasteiger partial charge in [0.15, 0.2) is 0 Å². The normalized spacial score (nSPS) is 10.5. The molecule has 0 aliphatic carbocycles. The maximum absolute atomic E-state index is 14.4. The monoisotopic (exact) mass is 578 g/mol. The third kappa shape index (κ3) is 7.48. The van der Waals surface area contributed by atoms with Crippen molar-refractivity contribution < 1.29 is 51.3 Å². The summed E-state index contributed by atoms with van der Waals surface area (Å²) in [7, 11) is 0. The Kier molecular flexibility index (Phi) is 9.61. The molecule has 0 saturated heterocycles. The van der Waals surface area contributed by atoms with E-state index in [0.717, 1.165) is 48.6 Å². The van der Waals surface area contributed by atoms with Gasteiger partial charge in [-0.3, -0.25) is 0 Å². The maximum atomic E-state index is 14.4. The molecule has 3 aromatic rings. The van der Waals surface area contributed by atoms with Crippen molar-refractivity contribution in [3.05, 3.63) is 111 Å². The van der Waals surface area contributed by atoms with E-state index in [1.807, 2.05) is 0 Å². The summed E-state index contributed by atoms with van der Waals surface area (Å²) in [6, 6.07) is 10.4. The molecule has 0 aromatic heterocycles. The van der Waals surface area contributed by atoms with Crippen LogP contribution in [0.2, 0.25) is 0 Å². The summed E-state index contributed by atoms with van der Waals surface area (Å²) in [6.45, 7) is 13.1. The molecular formula is C31H21F3O8. The number of carbonyl (C=O) groups excluding carboxylic acids is 4. The molecule has 0 atom stereocenters. The first kappa shape index (κ1) is 30.8. The summed E-state index contributed by atoms with van der Waals surface area (Å²) in [5.74, 6) is -4.29. The second kappa shape index (κ2) is 13.1. The Hall–Kier alpha value is -5.71. The molecule has 0 heterocycles. The number of esters is 4. The SMILES string of the molecule is C=CC(=O)Oc1ccc(-c2ccc(-c3ccc(OC(=O)C=C)cc3OC(=O)C=C)c(C(F)(F)F)c2)c(OC(=O)C=C)c1. The van der Waals surface area contributed by atoms with Crippen molar-refractivity contribution in [1.82, 2.24) is 0 Å². The van der Waals surface area contributed by atoms with Gasteiger partial charge in [-0.25, -0.2) is 19.2 Å². The van der Waals surface area contributed by atoms with E-state index < -0.39 is 35.6 Å². The Morgan fingerprint density at radius 1 is 0.548 bits per heavy atom. The summed E-state index contributed by atoms with van der Waals surface area (Å²) in [6.07, 6.45) is -1.49. The molecule has 0 spiro atoms. The van der Waals surface area contributed by atoms with Crippen molar-refractivity contribution in [3.8, 4) is 45.3 Å². The topological polar surface area (TPSA) is 105 Å². The van der Waals surface area contributed by atoms with Crippen molar-refractivity contribution in [1.29, 1.82) is 0 Å². The van der Waals surface area contributed by atoms with Crippen molar-refractivity contribution in [3.63, 3.8) is 0 Å². The Balaban J connectivity index is 2.22. The number of hydrogen-bond donors (Lipinski definition) is 0. The average molecular weight is 578 g/mol. The molecule has 0 fully saturated rings. The number of hydrogen-bond acceptors (Lipinski definition) is 8. The molecule has 8 nitrogen and oxygen atoms in total. The van der Waals surface area contributed by atoms with Crippen molar-refractivity contribution in [2.75, 3.05) is 0 Å². The quantitative estimate of drug-likeness (QED) is 0.155. The molecule has 3 aromatic carbocycles. The average Bonchev–Trinajstić information content (AvgIpc) is 2.96. The summed E-state index contributed by atoms with van der Waals surface area (Å²) in [5.41, 5.74) is -1.67. The van der Waals surface area contributed by atoms with Crippen LogP contribution < -0.4 is 18.9 Å². The van der Waals surface area contributed by atoms with E-state index in [2.05, 4.69) is 26.3 Å². The van der Waals surface area contributed by atoms with E-state index in [9.17, 15) is 32.3 Å². The molecule has 0 bridgehead atoms. The first-order valence-electron chi connectivity index (χ1n) is 11.8. The smallest absolute Gasteiger partial charge is 0.417 e. The van der Waals surface area contributed by atoms with E-state index in [-0.39, 0.29) is 45.3 Å². The van der Waals surface area contributed by atoms with Gasteiger partial charge < -0.3 is 18.9 Å². The van der Waals surface area contributed by atoms with E-state index >= 15 is 0 Å². The van der Waals surface area contributed by atoms with Crippen LogP contribution in [-0.2, 0) is 25.4 Å². The Morgan fingerprint density at radius 3 is 1.40 bits per heavy atom.